The highest BCUT2D eigenvalue weighted by Crippen LogP contribution is 2.43. The Morgan fingerprint density at radius 2 is 2.20 bits per heavy atom. The Bertz CT molecular complexity index is 533. The second-order valence-electron chi connectivity index (χ2n) is 5.94. The highest BCUT2D eigenvalue weighted by atomic mass is 32.1. The molecule has 0 aromatic carbocycles. The molecule has 1 aliphatic carbocycles. The molecule has 0 spiro atoms. The third kappa shape index (κ3) is 1.85. The topological polar surface area (TPSA) is 62.6 Å². The van der Waals surface area contributed by atoms with E-state index in [0.717, 1.165) is 19.3 Å². The summed E-state index contributed by atoms with van der Waals surface area (Å²) in [5.74, 6) is 0.916. The van der Waals surface area contributed by atoms with Crippen LogP contribution in [-0.2, 0) is 10.3 Å². The molecule has 0 bridgehead atoms. The molecule has 3 rings (SSSR count). The van der Waals surface area contributed by atoms with Crippen LogP contribution in [0.4, 0.5) is 4.79 Å². The summed E-state index contributed by atoms with van der Waals surface area (Å²) < 4.78 is 5.31. The molecule has 20 heavy (non-hydrogen) atoms. The van der Waals surface area contributed by atoms with Gasteiger partial charge in [-0.3, -0.25) is 9.69 Å². The summed E-state index contributed by atoms with van der Waals surface area (Å²) in [6.45, 7) is 2.12. The predicted molar refractivity (Wildman–Crippen MR) is 76.4 cm³/mol. The molecule has 1 aromatic heterocycles. The number of urea groups is 1. The first-order valence-electron chi connectivity index (χ1n) is 6.80. The molecule has 1 aromatic rings. The van der Waals surface area contributed by atoms with Gasteiger partial charge in [0.2, 0.25) is 0 Å². The monoisotopic (exact) mass is 294 g/mol. The van der Waals surface area contributed by atoms with Gasteiger partial charge < -0.3 is 9.73 Å². The highest BCUT2D eigenvalue weighted by Gasteiger charge is 2.53. The largest absolute Gasteiger partial charge is 0.466 e. The Morgan fingerprint density at radius 1 is 1.45 bits per heavy atom. The summed E-state index contributed by atoms with van der Waals surface area (Å²) in [6, 6.07) is 3.07. The second-order valence-corrected chi connectivity index (χ2v) is 6.25. The third-order valence-electron chi connectivity index (χ3n) is 4.53. The predicted octanol–water partition coefficient (Wildman–Crippen LogP) is 2.15. The average Bonchev–Trinajstić information content (AvgIpc) is 2.97. The van der Waals surface area contributed by atoms with Crippen molar-refractivity contribution < 1.29 is 14.0 Å². The van der Waals surface area contributed by atoms with Gasteiger partial charge in [0.15, 0.2) is 5.54 Å². The van der Waals surface area contributed by atoms with Crippen LogP contribution < -0.4 is 5.32 Å². The maximum atomic E-state index is 12.6. The van der Waals surface area contributed by atoms with Crippen LogP contribution in [0.3, 0.4) is 0 Å². The standard InChI is InChI=1S/C14H18N2O3S/c1-13(10-4-2-7-19-10)11(17)16(12(18)15-13)8-14(9-20)5-3-6-14/h2,4,7,20H,3,5-6,8-9H2,1H3,(H,15,18). The van der Waals surface area contributed by atoms with E-state index in [2.05, 4.69) is 17.9 Å². The van der Waals surface area contributed by atoms with Crippen molar-refractivity contribution in [2.75, 3.05) is 12.3 Å². The SMILES string of the molecule is CC1(c2ccco2)NC(=O)N(CC2(CS)CCC2)C1=O. The normalized spacial score (nSPS) is 28.4. The fourth-order valence-electron chi connectivity index (χ4n) is 2.95. The van der Waals surface area contributed by atoms with E-state index in [9.17, 15) is 9.59 Å². The van der Waals surface area contributed by atoms with Gasteiger partial charge in [-0.1, -0.05) is 6.42 Å². The highest BCUT2D eigenvalue weighted by molar-refractivity contribution is 7.80. The van der Waals surface area contributed by atoms with Crippen LogP contribution in [0.2, 0.25) is 0 Å². The van der Waals surface area contributed by atoms with Crippen molar-refractivity contribution in [2.45, 2.75) is 31.7 Å². The molecule has 0 radical (unpaired) electrons. The molecular formula is C14H18N2O3S. The fraction of sp³-hybridized carbons (Fsp3) is 0.571. The van der Waals surface area contributed by atoms with E-state index in [1.807, 2.05) is 0 Å². The zero-order valence-electron chi connectivity index (χ0n) is 11.4. The van der Waals surface area contributed by atoms with Crippen LogP contribution in [0.1, 0.15) is 31.9 Å². The van der Waals surface area contributed by atoms with Gasteiger partial charge in [0.25, 0.3) is 5.91 Å². The Hall–Kier alpha value is -1.43. The molecule has 5 nitrogen and oxygen atoms in total. The summed E-state index contributed by atoms with van der Waals surface area (Å²) in [5.41, 5.74) is -1.10. The third-order valence-corrected chi connectivity index (χ3v) is 5.20. The summed E-state index contributed by atoms with van der Waals surface area (Å²) in [4.78, 5) is 26.1. The van der Waals surface area contributed by atoms with Crippen LogP contribution in [-0.4, -0.2) is 29.1 Å². The average molecular weight is 294 g/mol. The molecule has 2 aliphatic rings. The van der Waals surface area contributed by atoms with E-state index in [4.69, 9.17) is 4.42 Å². The first-order valence-corrected chi connectivity index (χ1v) is 7.43. The minimum atomic E-state index is -1.10. The summed E-state index contributed by atoms with van der Waals surface area (Å²) in [7, 11) is 0. The van der Waals surface area contributed by atoms with Crippen molar-refractivity contribution in [1.29, 1.82) is 0 Å². The smallest absolute Gasteiger partial charge is 0.325 e. The summed E-state index contributed by atoms with van der Waals surface area (Å²) in [6.07, 6.45) is 4.68. The Morgan fingerprint density at radius 3 is 2.70 bits per heavy atom. The van der Waals surface area contributed by atoms with Crippen LogP contribution >= 0.6 is 12.6 Å². The number of hydrogen-bond acceptors (Lipinski definition) is 4. The van der Waals surface area contributed by atoms with Crippen molar-refractivity contribution in [3.05, 3.63) is 24.2 Å². The number of hydrogen-bond donors (Lipinski definition) is 2. The number of carbonyl (C=O) groups is 2. The number of amides is 3. The number of imide groups is 1. The lowest BCUT2D eigenvalue weighted by molar-refractivity contribution is -0.133. The molecule has 1 N–H and O–H groups in total. The summed E-state index contributed by atoms with van der Waals surface area (Å²) >= 11 is 4.38. The van der Waals surface area contributed by atoms with Gasteiger partial charge >= 0.3 is 6.03 Å². The number of nitrogens with zero attached hydrogens (tertiary/aromatic N) is 1. The number of nitrogens with one attached hydrogen (secondary N) is 1. The van der Waals surface area contributed by atoms with Crippen molar-refractivity contribution in [3.63, 3.8) is 0 Å². The first-order chi connectivity index (χ1) is 9.51. The molecule has 1 saturated heterocycles. The zero-order valence-corrected chi connectivity index (χ0v) is 12.3. The van der Waals surface area contributed by atoms with Crippen LogP contribution in [0, 0.1) is 5.41 Å². The van der Waals surface area contributed by atoms with Gasteiger partial charge in [-0.25, -0.2) is 4.79 Å². The molecule has 3 amide bonds. The first kappa shape index (κ1) is 13.5. The maximum Gasteiger partial charge on any atom is 0.325 e. The lowest BCUT2D eigenvalue weighted by Crippen LogP contribution is -2.47. The molecule has 1 unspecified atom stereocenters. The fourth-order valence-corrected chi connectivity index (χ4v) is 3.37. The zero-order chi connectivity index (χ0) is 14.4. The van der Waals surface area contributed by atoms with Gasteiger partial charge in [0, 0.05) is 6.54 Å². The molecule has 2 fully saturated rings. The molecule has 1 aliphatic heterocycles. The molecule has 1 atom stereocenters. The molecular weight excluding hydrogens is 276 g/mol. The van der Waals surface area contributed by atoms with E-state index in [1.54, 1.807) is 19.1 Å². The number of carbonyl (C=O) groups excluding carboxylic acids is 2. The number of thiol groups is 1. The molecule has 108 valence electrons. The van der Waals surface area contributed by atoms with Gasteiger partial charge in [0.05, 0.1) is 6.26 Å². The van der Waals surface area contributed by atoms with Crippen molar-refractivity contribution >= 4 is 24.6 Å². The Balaban J connectivity index is 1.84. The van der Waals surface area contributed by atoms with Crippen LogP contribution in [0.5, 0.6) is 0 Å². The minimum absolute atomic E-state index is 0.00940. The van der Waals surface area contributed by atoms with E-state index in [1.165, 1.54) is 11.2 Å². The number of furan rings is 1. The van der Waals surface area contributed by atoms with Crippen molar-refractivity contribution in [3.8, 4) is 0 Å². The Labute approximate surface area is 123 Å². The summed E-state index contributed by atoms with van der Waals surface area (Å²) in [5, 5.41) is 2.75. The second kappa shape index (κ2) is 4.55. The van der Waals surface area contributed by atoms with E-state index in [0.29, 0.717) is 18.1 Å². The van der Waals surface area contributed by atoms with Crippen LogP contribution in [0.15, 0.2) is 22.8 Å². The van der Waals surface area contributed by atoms with E-state index >= 15 is 0 Å². The minimum Gasteiger partial charge on any atom is -0.466 e. The van der Waals surface area contributed by atoms with Gasteiger partial charge in [-0.2, -0.15) is 12.6 Å². The van der Waals surface area contributed by atoms with Gasteiger partial charge in [-0.05, 0) is 43.1 Å². The van der Waals surface area contributed by atoms with Crippen LogP contribution in [0.25, 0.3) is 0 Å². The van der Waals surface area contributed by atoms with Gasteiger partial charge in [-0.15, -0.1) is 0 Å². The van der Waals surface area contributed by atoms with Crippen molar-refractivity contribution in [2.24, 2.45) is 5.41 Å². The van der Waals surface area contributed by atoms with Crippen molar-refractivity contribution in [1.82, 2.24) is 10.2 Å². The quantitative estimate of drug-likeness (QED) is 0.660. The Kier molecular flexibility index (Phi) is 3.08. The van der Waals surface area contributed by atoms with Gasteiger partial charge in [0.1, 0.15) is 5.76 Å². The lowest BCUT2D eigenvalue weighted by atomic mass is 9.70. The lowest BCUT2D eigenvalue weighted by Gasteiger charge is -2.42. The van der Waals surface area contributed by atoms with E-state index in [-0.39, 0.29) is 17.4 Å². The molecule has 2 heterocycles. The molecule has 6 heteroatoms. The maximum absolute atomic E-state index is 12.6. The number of rotatable bonds is 4. The van der Waals surface area contributed by atoms with E-state index < -0.39 is 5.54 Å². The molecule has 1 saturated carbocycles.